The fourth-order valence-electron chi connectivity index (χ4n) is 13.5. The highest BCUT2D eigenvalue weighted by molar-refractivity contribution is 6.21. The van der Waals surface area contributed by atoms with Gasteiger partial charge < -0.3 is 46.8 Å². The lowest BCUT2D eigenvalue weighted by Gasteiger charge is -2.24. The van der Waals surface area contributed by atoms with Crippen LogP contribution in [0.15, 0.2) is 194 Å². The van der Waals surface area contributed by atoms with Gasteiger partial charge in [-0.15, -0.1) is 0 Å². The molecule has 0 spiro atoms. The van der Waals surface area contributed by atoms with E-state index in [1.807, 2.05) is 0 Å². The Morgan fingerprint density at radius 1 is 0.292 bits per heavy atom. The van der Waals surface area contributed by atoms with Crippen molar-refractivity contribution in [3.8, 4) is 90.3 Å². The Bertz CT molecular complexity index is 5030. The van der Waals surface area contributed by atoms with Crippen molar-refractivity contribution >= 4 is 86.7 Å². The summed E-state index contributed by atoms with van der Waals surface area (Å²) in [6.45, 7) is 5.29. The maximum atomic E-state index is 6.86. The average molecular weight is 1270 g/mol. The van der Waals surface area contributed by atoms with E-state index in [9.17, 15) is 0 Å². The number of rotatable bonds is 18. The standard InChI is InChI=1S/C84H86N8O4/c1-89(2,3)29-33-93-63-37-61(38-64(49-63)94-34-30-90(4,5)6)79-81-71-45-57-25-17-13-21-53(57)41-67(71)75(85-81)51-77-69-43-55-23-15-19-27-59(55)47-73(69)83(87-77)80(62-39-65(95-35-31-91(7,8)9)50-66(40-62)96-36-32-92(10,11)12)84-74-48-60-28-20-16-24-56(60)44-70(74)78(88-84)52-76-68-42-54-22-14-18-26-58(54)46-72(68)82(79)86-76/h13-28,37-52,85,88H,29-36H2,1-12H3/q+4. The zero-order valence-electron chi connectivity index (χ0n) is 57.4. The molecule has 12 nitrogen and oxygen atoms in total. The zero-order chi connectivity index (χ0) is 66.4. The molecule has 5 heterocycles. The van der Waals surface area contributed by atoms with Gasteiger partial charge in [0.1, 0.15) is 75.6 Å². The van der Waals surface area contributed by atoms with Crippen LogP contribution in [0.2, 0.25) is 0 Å². The van der Waals surface area contributed by atoms with Gasteiger partial charge in [-0.05, 0) is 139 Å². The summed E-state index contributed by atoms with van der Waals surface area (Å²) in [6, 6.07) is 70.8. The van der Waals surface area contributed by atoms with E-state index in [1.165, 1.54) is 0 Å². The van der Waals surface area contributed by atoms with Crippen LogP contribution in [0, 0.1) is 0 Å². The monoisotopic (exact) mass is 1270 g/mol. The minimum atomic E-state index is 0.514. The van der Waals surface area contributed by atoms with Gasteiger partial charge in [-0.3, -0.25) is 0 Å². The summed E-state index contributed by atoms with van der Waals surface area (Å²) in [7, 11) is 26.4. The molecule has 13 aromatic rings. The van der Waals surface area contributed by atoms with Crippen LogP contribution in [0.25, 0.3) is 154 Å². The van der Waals surface area contributed by atoms with Crippen LogP contribution in [0.4, 0.5) is 0 Å². The maximum Gasteiger partial charge on any atom is 0.137 e. The fraction of sp³-hybridized carbons (Fsp3) is 0.238. The van der Waals surface area contributed by atoms with Crippen molar-refractivity contribution in [1.82, 2.24) is 19.9 Å². The third kappa shape index (κ3) is 12.6. The van der Waals surface area contributed by atoms with Crippen LogP contribution in [0.5, 0.6) is 23.0 Å². The van der Waals surface area contributed by atoms with E-state index >= 15 is 0 Å². The number of ether oxygens (including phenoxy) is 4. The molecule has 0 atom stereocenters. The number of benzene rings is 10. The van der Waals surface area contributed by atoms with E-state index < -0.39 is 0 Å². The second-order valence-electron chi connectivity index (χ2n) is 30.4. The molecule has 0 radical (unpaired) electrons. The number of H-pyrrole nitrogens is 2. The molecule has 0 aliphatic carbocycles. The Hall–Kier alpha value is -10.1. The molecule has 0 saturated carbocycles. The Labute approximate surface area is 562 Å². The quantitative estimate of drug-likeness (QED) is 0.0832. The number of hydrogen-bond acceptors (Lipinski definition) is 6. The molecule has 482 valence electrons. The first-order valence-electron chi connectivity index (χ1n) is 33.5. The van der Waals surface area contributed by atoms with Crippen LogP contribution >= 0.6 is 0 Å². The molecular formula is C84H86N8O4+4. The number of nitrogens with zero attached hydrogens (tertiary/aromatic N) is 6. The predicted octanol–water partition coefficient (Wildman–Crippen LogP) is 17.6. The first-order valence-corrected chi connectivity index (χ1v) is 33.5. The van der Waals surface area contributed by atoms with Gasteiger partial charge in [-0.1, -0.05) is 97.1 Å². The lowest BCUT2D eigenvalue weighted by molar-refractivity contribution is -0.870. The number of quaternary nitrogens is 4. The molecule has 8 bridgehead atoms. The second-order valence-corrected chi connectivity index (χ2v) is 30.4. The minimum Gasteiger partial charge on any atom is -0.488 e. The van der Waals surface area contributed by atoms with Crippen molar-refractivity contribution in [3.05, 3.63) is 194 Å². The fourth-order valence-corrected chi connectivity index (χ4v) is 13.5. The van der Waals surface area contributed by atoms with E-state index in [0.29, 0.717) is 26.4 Å². The summed E-state index contributed by atoms with van der Waals surface area (Å²) in [4.78, 5) is 20.5. The van der Waals surface area contributed by atoms with E-state index in [-0.39, 0.29) is 0 Å². The third-order valence-corrected chi connectivity index (χ3v) is 18.7. The third-order valence-electron chi connectivity index (χ3n) is 18.7. The molecule has 2 aliphatic rings. The van der Waals surface area contributed by atoms with Crippen LogP contribution < -0.4 is 18.9 Å². The SMILES string of the molecule is C[N+](C)(C)CCOc1cc(OCC[N+](C)(C)C)cc(-c2c3nc(cc4[nH]c(c(-c5cc(OCC[N+](C)(C)C)cc(OCC[N+](C)(C)C)c5)c5nc(cc6[nH]c2c2cc7ccccc7cc62)-c2cc6ccccc6cc2-5)c2cc5ccccc5cc42)-c2cc4ccccc4cc2-3)c1. The number of hydrogen-bond donors (Lipinski definition) is 2. The smallest absolute Gasteiger partial charge is 0.137 e. The summed E-state index contributed by atoms with van der Waals surface area (Å²) in [6.07, 6.45) is 0. The van der Waals surface area contributed by atoms with Gasteiger partial charge in [0.25, 0.3) is 0 Å². The van der Waals surface area contributed by atoms with Crippen molar-refractivity contribution in [3.63, 3.8) is 0 Å². The first kappa shape index (κ1) is 62.1. The van der Waals surface area contributed by atoms with Crippen molar-refractivity contribution < 1.29 is 36.9 Å². The Kier molecular flexibility index (Phi) is 15.5. The van der Waals surface area contributed by atoms with E-state index in [4.69, 9.17) is 28.9 Å². The average Bonchev–Trinajstić information content (AvgIpc) is 1.56. The summed E-state index contributed by atoms with van der Waals surface area (Å²) in [5.41, 5.74) is 14.7. The predicted molar refractivity (Wildman–Crippen MR) is 399 cm³/mol. The highest BCUT2D eigenvalue weighted by Crippen LogP contribution is 2.51. The molecule has 0 amide bonds. The lowest BCUT2D eigenvalue weighted by Crippen LogP contribution is -2.38. The first-order chi connectivity index (χ1) is 46.0. The topological polar surface area (TPSA) is 94.3 Å². The molecule has 0 saturated heterocycles. The van der Waals surface area contributed by atoms with Crippen LogP contribution in [-0.4, -0.2) is 175 Å². The highest BCUT2D eigenvalue weighted by Gasteiger charge is 2.29. The van der Waals surface area contributed by atoms with Gasteiger partial charge in [-0.25, -0.2) is 9.97 Å². The van der Waals surface area contributed by atoms with E-state index in [1.54, 1.807) is 0 Å². The summed E-state index contributed by atoms with van der Waals surface area (Å²) >= 11 is 0. The number of likely N-dealkylation sites (N-methyl/N-ethyl adjacent to an activating group) is 4. The van der Waals surface area contributed by atoms with Crippen LogP contribution in [0.3, 0.4) is 0 Å². The van der Waals surface area contributed by atoms with Crippen molar-refractivity contribution in [2.75, 3.05) is 137 Å². The van der Waals surface area contributed by atoms with E-state index in [0.717, 1.165) is 221 Å². The molecule has 10 aromatic carbocycles. The van der Waals surface area contributed by atoms with Gasteiger partial charge in [0, 0.05) is 78.1 Å². The summed E-state index contributed by atoms with van der Waals surface area (Å²) in [5.74, 6) is 2.90. The molecule has 96 heavy (non-hydrogen) atoms. The minimum absolute atomic E-state index is 0.514. The van der Waals surface area contributed by atoms with Crippen molar-refractivity contribution in [2.45, 2.75) is 0 Å². The molecule has 2 aliphatic heterocycles. The number of fused-ring (bicyclic) bond motifs is 24. The molecule has 15 rings (SSSR count). The number of aromatic nitrogens is 4. The van der Waals surface area contributed by atoms with Gasteiger partial charge in [0.15, 0.2) is 0 Å². The largest absolute Gasteiger partial charge is 0.488 e. The molecule has 0 fully saturated rings. The van der Waals surface area contributed by atoms with Gasteiger partial charge in [0.2, 0.25) is 0 Å². The maximum absolute atomic E-state index is 6.86. The normalized spacial score (nSPS) is 12.7. The number of nitrogens with one attached hydrogen (secondary N) is 2. The molecule has 3 aromatic heterocycles. The van der Waals surface area contributed by atoms with E-state index in [2.05, 4.69) is 289 Å². The summed E-state index contributed by atoms with van der Waals surface area (Å²) in [5, 5.41) is 13.2. The van der Waals surface area contributed by atoms with Gasteiger partial charge in [0.05, 0.1) is 118 Å². The van der Waals surface area contributed by atoms with Crippen molar-refractivity contribution in [2.24, 2.45) is 0 Å². The summed E-state index contributed by atoms with van der Waals surface area (Å²) < 4.78 is 30.5. The molecular weight excluding hydrogens is 1180 g/mol. The van der Waals surface area contributed by atoms with Crippen LogP contribution in [0.1, 0.15) is 0 Å². The molecule has 12 heteroatoms. The Morgan fingerprint density at radius 2 is 0.552 bits per heavy atom. The molecule has 0 unspecified atom stereocenters. The zero-order valence-corrected chi connectivity index (χ0v) is 57.4. The Morgan fingerprint density at radius 3 is 0.833 bits per heavy atom. The molecule has 2 N–H and O–H groups in total. The van der Waals surface area contributed by atoms with Gasteiger partial charge in [-0.2, -0.15) is 0 Å². The Balaban J connectivity index is 1.14. The second kappa shape index (κ2) is 24.0. The highest BCUT2D eigenvalue weighted by atomic mass is 16.5. The van der Waals surface area contributed by atoms with Crippen molar-refractivity contribution in [1.29, 1.82) is 0 Å². The number of aromatic amines is 2. The van der Waals surface area contributed by atoms with Crippen LogP contribution in [-0.2, 0) is 0 Å². The lowest BCUT2D eigenvalue weighted by atomic mass is 9.93. The van der Waals surface area contributed by atoms with Gasteiger partial charge >= 0.3 is 0 Å².